The highest BCUT2D eigenvalue weighted by Crippen LogP contribution is 2.57. The van der Waals surface area contributed by atoms with Crippen molar-refractivity contribution in [1.29, 1.82) is 0 Å². The monoisotopic (exact) mass is 1570 g/mol. The fourth-order valence-electron chi connectivity index (χ4n) is 19.5. The van der Waals surface area contributed by atoms with Crippen molar-refractivity contribution in [2.75, 3.05) is 9.80 Å². The quantitative estimate of drug-likeness (QED) is 0.0847. The largest absolute Gasteiger partial charge is 0.310 e. The summed E-state index contributed by atoms with van der Waals surface area (Å²) < 4.78 is 5.00. The summed E-state index contributed by atoms with van der Waals surface area (Å²) in [7, 11) is 0. The third kappa shape index (κ3) is 12.8. The number of benzene rings is 18. The SMILES string of the molecule is [C-]#[N+]c1ccc(-c2cc(-c3cccc(-c4ccccc4)c3)c(N3c4cc(-n5c6ccccc6c6ccccc65)ccc4B4c5ccc(-n6c7ccccc7c7ccccc76)cc5N(c5c(-c6cccc(-c7ccccc7)c6)cc(-c6ccccc6)cc5-c5cccc(C(C)(C)C)c5)c5cc(-c6ccccc6)cc3c54)c(-c3cccc(C(C)(C)C)c3)c2)cc1. The fraction of sp³-hybridized carbons (Fsp3) is 0.0684. The van der Waals surface area contributed by atoms with E-state index in [2.05, 4.69) is 466 Å². The second kappa shape index (κ2) is 29.6. The molecule has 0 amide bonds. The van der Waals surface area contributed by atoms with E-state index >= 15 is 0 Å². The van der Waals surface area contributed by atoms with Gasteiger partial charge in [-0.25, -0.2) is 4.85 Å². The van der Waals surface area contributed by atoms with Gasteiger partial charge in [-0.1, -0.05) is 357 Å². The van der Waals surface area contributed by atoms with Crippen LogP contribution in [0, 0.1) is 6.57 Å². The molecule has 20 aromatic rings. The van der Waals surface area contributed by atoms with Crippen molar-refractivity contribution < 1.29 is 0 Å². The Balaban J connectivity index is 0.943. The highest BCUT2D eigenvalue weighted by Gasteiger charge is 2.46. The molecule has 4 heterocycles. The molecule has 0 bridgehead atoms. The minimum absolute atomic E-state index is 0.195. The van der Waals surface area contributed by atoms with Crippen LogP contribution in [0.2, 0.25) is 0 Å². The summed E-state index contributed by atoms with van der Waals surface area (Å²) in [5.41, 5.74) is 38.7. The molecule has 0 aliphatic carbocycles. The molecule has 0 N–H and O–H groups in total. The van der Waals surface area contributed by atoms with Crippen LogP contribution in [0.3, 0.4) is 0 Å². The van der Waals surface area contributed by atoms with E-state index in [-0.39, 0.29) is 17.5 Å². The zero-order valence-corrected chi connectivity index (χ0v) is 69.6. The predicted octanol–water partition coefficient (Wildman–Crippen LogP) is 30.1. The predicted molar refractivity (Wildman–Crippen MR) is 522 cm³/mol. The first-order valence-corrected chi connectivity index (χ1v) is 42.7. The van der Waals surface area contributed by atoms with E-state index < -0.39 is 0 Å². The lowest BCUT2D eigenvalue weighted by Crippen LogP contribution is -2.61. The standard InChI is InChI=1S/C117H86BN5/c1-116(2,3)90-46-30-44-85(66-90)101-69-87(78-36-16-10-17-37-78)68-99(83-42-28-40-81(64-83)76-32-12-8-13-33-76)114(101)122-109-74-93(120-105-52-24-20-48-95(105)96-49-21-25-53-106(96)120)60-62-103(109)118-104-63-61-94(121-107-54-26-22-50-97(107)98-51-23-27-55-108(98)121)75-110(104)123(112-73-89(72-111(122)113(112)118)79-38-18-11-19-39-79)115-100(84-43-29-41-82(65-84)77-34-14-9-15-35-77)70-88(80-56-58-92(119-7)59-57-80)71-102(115)86-45-31-47-91(67-86)117(4,5)6/h8-75H,1-6H3. The molecule has 2 aromatic heterocycles. The molecule has 123 heavy (non-hydrogen) atoms. The minimum atomic E-state index is -0.365. The number of hydrogen-bond donors (Lipinski definition) is 0. The Bertz CT molecular complexity index is 7510. The lowest BCUT2D eigenvalue weighted by molar-refractivity contribution is 0.590. The minimum Gasteiger partial charge on any atom is -0.310 e. The molecule has 5 nitrogen and oxygen atoms in total. The molecule has 18 aromatic carbocycles. The number of hydrogen-bond acceptors (Lipinski definition) is 2. The molecule has 0 fully saturated rings. The second-order valence-electron chi connectivity index (χ2n) is 35.0. The first-order chi connectivity index (χ1) is 60.2. The second-order valence-corrected chi connectivity index (χ2v) is 35.0. The Morgan fingerprint density at radius 2 is 0.528 bits per heavy atom. The molecule has 22 rings (SSSR count). The molecule has 0 spiro atoms. The van der Waals surface area contributed by atoms with Crippen molar-refractivity contribution in [1.82, 2.24) is 9.13 Å². The van der Waals surface area contributed by atoms with Gasteiger partial charge in [-0.3, -0.25) is 0 Å². The molecule has 2 aliphatic rings. The van der Waals surface area contributed by atoms with Crippen LogP contribution < -0.4 is 26.2 Å². The maximum absolute atomic E-state index is 8.20. The summed E-state index contributed by atoms with van der Waals surface area (Å²) in [4.78, 5) is 9.39. The van der Waals surface area contributed by atoms with Crippen LogP contribution in [-0.4, -0.2) is 15.8 Å². The zero-order valence-electron chi connectivity index (χ0n) is 69.6. The lowest BCUT2D eigenvalue weighted by atomic mass is 9.33. The van der Waals surface area contributed by atoms with Crippen molar-refractivity contribution >= 4 is 107 Å². The normalized spacial score (nSPS) is 12.4. The maximum Gasteiger partial charge on any atom is 0.252 e. The molecule has 0 unspecified atom stereocenters. The molecule has 0 atom stereocenters. The van der Waals surface area contributed by atoms with E-state index in [0.29, 0.717) is 5.69 Å². The smallest absolute Gasteiger partial charge is 0.252 e. The van der Waals surface area contributed by atoms with Gasteiger partial charge in [0.25, 0.3) is 6.71 Å². The molecular weight excluding hydrogens is 1490 g/mol. The van der Waals surface area contributed by atoms with E-state index in [1.165, 1.54) is 43.6 Å². The van der Waals surface area contributed by atoms with Crippen LogP contribution in [0.5, 0.6) is 0 Å². The summed E-state index contributed by atoms with van der Waals surface area (Å²) in [6.07, 6.45) is 0. The Kier molecular flexibility index (Phi) is 17.8. The van der Waals surface area contributed by atoms with E-state index in [1.54, 1.807) is 0 Å². The van der Waals surface area contributed by atoms with Crippen LogP contribution in [0.25, 0.3) is 160 Å². The van der Waals surface area contributed by atoms with Crippen LogP contribution in [0.1, 0.15) is 52.7 Å². The third-order valence-electron chi connectivity index (χ3n) is 25.6. The van der Waals surface area contributed by atoms with Gasteiger partial charge in [-0.05, 0) is 213 Å². The molecule has 0 saturated heterocycles. The Morgan fingerprint density at radius 1 is 0.236 bits per heavy atom. The van der Waals surface area contributed by atoms with Crippen molar-refractivity contribution in [2.24, 2.45) is 0 Å². The average molecular weight is 1570 g/mol. The number of anilines is 6. The van der Waals surface area contributed by atoms with Crippen LogP contribution in [-0.2, 0) is 10.8 Å². The van der Waals surface area contributed by atoms with Crippen LogP contribution >= 0.6 is 0 Å². The van der Waals surface area contributed by atoms with E-state index in [0.717, 1.165) is 173 Å². The van der Waals surface area contributed by atoms with Gasteiger partial charge in [-0.2, -0.15) is 0 Å². The van der Waals surface area contributed by atoms with E-state index in [4.69, 9.17) is 6.57 Å². The van der Waals surface area contributed by atoms with Gasteiger partial charge in [0.2, 0.25) is 0 Å². The van der Waals surface area contributed by atoms with Crippen LogP contribution in [0.4, 0.5) is 39.8 Å². The summed E-state index contributed by atoms with van der Waals surface area (Å²) in [6.45, 7) is 21.8. The summed E-state index contributed by atoms with van der Waals surface area (Å²) in [5, 5.41) is 4.79. The third-order valence-corrected chi connectivity index (χ3v) is 25.6. The molecule has 0 radical (unpaired) electrons. The van der Waals surface area contributed by atoms with Gasteiger partial charge < -0.3 is 18.9 Å². The van der Waals surface area contributed by atoms with Gasteiger partial charge in [0, 0.05) is 77.9 Å². The molecule has 2 aliphatic heterocycles. The number of para-hydroxylation sites is 4. The molecule has 582 valence electrons. The van der Waals surface area contributed by atoms with E-state index in [9.17, 15) is 0 Å². The van der Waals surface area contributed by atoms with Gasteiger partial charge in [0.15, 0.2) is 5.69 Å². The van der Waals surface area contributed by atoms with Crippen molar-refractivity contribution in [3.63, 3.8) is 0 Å². The zero-order chi connectivity index (χ0) is 82.8. The number of nitrogens with zero attached hydrogens (tertiary/aromatic N) is 5. The van der Waals surface area contributed by atoms with Crippen molar-refractivity contribution in [3.8, 4) is 112 Å². The van der Waals surface area contributed by atoms with Gasteiger partial charge in [0.05, 0.1) is 40.0 Å². The summed E-state index contributed by atoms with van der Waals surface area (Å²) in [5.74, 6) is 0. The number of rotatable bonds is 13. The topological polar surface area (TPSA) is 20.7 Å². The highest BCUT2D eigenvalue weighted by atomic mass is 15.2. The first kappa shape index (κ1) is 74.0. The molecule has 0 saturated carbocycles. The number of fused-ring (bicyclic) bond motifs is 10. The lowest BCUT2D eigenvalue weighted by Gasteiger charge is -2.46. The first-order valence-electron chi connectivity index (χ1n) is 42.7. The van der Waals surface area contributed by atoms with Crippen molar-refractivity contribution in [2.45, 2.75) is 52.4 Å². The Morgan fingerprint density at radius 3 is 0.878 bits per heavy atom. The summed E-state index contributed by atoms with van der Waals surface area (Å²) in [6, 6.07) is 155. The maximum atomic E-state index is 8.20. The van der Waals surface area contributed by atoms with Crippen LogP contribution in [0.15, 0.2) is 413 Å². The van der Waals surface area contributed by atoms with Crippen molar-refractivity contribution in [3.05, 3.63) is 435 Å². The van der Waals surface area contributed by atoms with E-state index in [1.807, 2.05) is 12.1 Å². The Hall–Kier alpha value is -15.3. The van der Waals surface area contributed by atoms with Gasteiger partial charge in [0.1, 0.15) is 0 Å². The van der Waals surface area contributed by atoms with Gasteiger partial charge >= 0.3 is 0 Å². The Labute approximate surface area is 719 Å². The highest BCUT2D eigenvalue weighted by molar-refractivity contribution is 7.00. The van der Waals surface area contributed by atoms with Gasteiger partial charge in [-0.15, -0.1) is 0 Å². The summed E-state index contributed by atoms with van der Waals surface area (Å²) >= 11 is 0. The molecular formula is C117H86BN5. The average Bonchev–Trinajstić information content (AvgIpc) is 1.44. The fourth-order valence-corrected chi connectivity index (χ4v) is 19.5. The number of aromatic nitrogens is 2. The molecule has 6 heteroatoms.